The Morgan fingerprint density at radius 2 is 1.84 bits per heavy atom. The molecule has 2 aromatic rings. The van der Waals surface area contributed by atoms with Gasteiger partial charge in [0.05, 0.1) is 11.1 Å². The average Bonchev–Trinajstić information content (AvgIpc) is 2.72. The van der Waals surface area contributed by atoms with Gasteiger partial charge in [-0.3, -0.25) is 14.9 Å². The summed E-state index contributed by atoms with van der Waals surface area (Å²) in [5.41, 5.74) is 1.58. The first-order valence-electron chi connectivity index (χ1n) is 10.2. The van der Waals surface area contributed by atoms with E-state index in [2.05, 4.69) is 45.7 Å². The van der Waals surface area contributed by atoms with E-state index in [1.807, 2.05) is 6.92 Å². The standard InChI is InChI=1S/C23H28BrN3O3S/c1-4-11-25-21(28)16-6-5-7-18(13-16)26-23(31)27-22(29)17-8-9-20(19(24)14-17)30-12-10-15(2)3/h5-9,13-15H,4,10-12H2,1-3H3,(H,25,28)(H2,26,27,29,31). The molecule has 0 atom stereocenters. The van der Waals surface area contributed by atoms with Crippen LogP contribution in [0.1, 0.15) is 54.3 Å². The van der Waals surface area contributed by atoms with Crippen molar-refractivity contribution in [1.29, 1.82) is 0 Å². The monoisotopic (exact) mass is 505 g/mol. The summed E-state index contributed by atoms with van der Waals surface area (Å²) in [7, 11) is 0. The lowest BCUT2D eigenvalue weighted by molar-refractivity contribution is 0.0951. The summed E-state index contributed by atoms with van der Waals surface area (Å²) in [6, 6.07) is 12.1. The van der Waals surface area contributed by atoms with E-state index in [0.717, 1.165) is 12.8 Å². The third-order valence-electron chi connectivity index (χ3n) is 4.29. The van der Waals surface area contributed by atoms with E-state index in [1.165, 1.54) is 0 Å². The molecule has 31 heavy (non-hydrogen) atoms. The molecule has 0 heterocycles. The number of ether oxygens (including phenoxy) is 1. The first-order chi connectivity index (χ1) is 14.8. The van der Waals surface area contributed by atoms with Gasteiger partial charge in [0, 0.05) is 23.4 Å². The predicted octanol–water partition coefficient (Wildman–Crippen LogP) is 5.14. The van der Waals surface area contributed by atoms with Gasteiger partial charge in [-0.1, -0.05) is 26.8 Å². The van der Waals surface area contributed by atoms with Crippen molar-refractivity contribution in [2.45, 2.75) is 33.6 Å². The Hall–Kier alpha value is -2.45. The van der Waals surface area contributed by atoms with Crippen molar-refractivity contribution in [1.82, 2.24) is 10.6 Å². The first kappa shape index (κ1) is 24.8. The van der Waals surface area contributed by atoms with E-state index < -0.39 is 0 Å². The van der Waals surface area contributed by atoms with Gasteiger partial charge in [-0.25, -0.2) is 0 Å². The summed E-state index contributed by atoms with van der Waals surface area (Å²) in [6.45, 7) is 7.50. The van der Waals surface area contributed by atoms with Crippen LogP contribution >= 0.6 is 28.1 Å². The number of hydrogen-bond acceptors (Lipinski definition) is 4. The van der Waals surface area contributed by atoms with Crippen molar-refractivity contribution < 1.29 is 14.3 Å². The zero-order chi connectivity index (χ0) is 22.8. The van der Waals surface area contributed by atoms with Gasteiger partial charge in [0.2, 0.25) is 0 Å². The fourth-order valence-electron chi connectivity index (χ4n) is 2.58. The summed E-state index contributed by atoms with van der Waals surface area (Å²) >= 11 is 8.70. The molecule has 2 amide bonds. The van der Waals surface area contributed by atoms with E-state index in [4.69, 9.17) is 17.0 Å². The van der Waals surface area contributed by atoms with Gasteiger partial charge in [-0.15, -0.1) is 0 Å². The molecule has 0 fully saturated rings. The number of anilines is 1. The van der Waals surface area contributed by atoms with Crippen LogP contribution < -0.4 is 20.7 Å². The summed E-state index contributed by atoms with van der Waals surface area (Å²) < 4.78 is 6.45. The van der Waals surface area contributed by atoms with Crippen molar-refractivity contribution in [3.05, 3.63) is 58.1 Å². The molecule has 3 N–H and O–H groups in total. The number of benzene rings is 2. The molecule has 0 spiro atoms. The predicted molar refractivity (Wildman–Crippen MR) is 132 cm³/mol. The van der Waals surface area contributed by atoms with Crippen molar-refractivity contribution >= 4 is 50.8 Å². The molecule has 166 valence electrons. The maximum Gasteiger partial charge on any atom is 0.257 e. The molecule has 8 heteroatoms. The minimum absolute atomic E-state index is 0.143. The second-order valence-corrected chi connectivity index (χ2v) is 8.68. The molecular weight excluding hydrogens is 478 g/mol. The Bertz CT molecular complexity index is 934. The maximum absolute atomic E-state index is 12.5. The smallest absolute Gasteiger partial charge is 0.257 e. The molecule has 0 aliphatic carbocycles. The Labute approximate surface area is 197 Å². The van der Waals surface area contributed by atoms with Crippen LogP contribution in [0.15, 0.2) is 46.9 Å². The number of amides is 2. The Kier molecular flexibility index (Phi) is 9.94. The van der Waals surface area contributed by atoms with Crippen LogP contribution in [-0.2, 0) is 0 Å². The minimum atomic E-state index is -0.344. The highest BCUT2D eigenvalue weighted by Crippen LogP contribution is 2.26. The van der Waals surface area contributed by atoms with E-state index in [1.54, 1.807) is 42.5 Å². The normalized spacial score (nSPS) is 10.5. The molecule has 0 aromatic heterocycles. The fourth-order valence-corrected chi connectivity index (χ4v) is 3.28. The van der Waals surface area contributed by atoms with Crippen LogP contribution in [0.5, 0.6) is 5.75 Å². The van der Waals surface area contributed by atoms with Crippen LogP contribution in [0.25, 0.3) is 0 Å². The zero-order valence-electron chi connectivity index (χ0n) is 18.0. The Balaban J connectivity index is 1.94. The Morgan fingerprint density at radius 1 is 1.10 bits per heavy atom. The summed E-state index contributed by atoms with van der Waals surface area (Å²) in [6.07, 6.45) is 1.82. The molecule has 0 radical (unpaired) electrons. The number of nitrogens with one attached hydrogen (secondary N) is 3. The molecule has 0 saturated heterocycles. The molecule has 0 unspecified atom stereocenters. The van der Waals surface area contributed by atoms with E-state index in [0.29, 0.717) is 46.1 Å². The average molecular weight is 506 g/mol. The number of rotatable bonds is 9. The van der Waals surface area contributed by atoms with Crippen LogP contribution in [0.3, 0.4) is 0 Å². The number of hydrogen-bond donors (Lipinski definition) is 3. The third-order valence-corrected chi connectivity index (χ3v) is 5.12. The van der Waals surface area contributed by atoms with Gasteiger partial charge in [-0.05, 0) is 83.3 Å². The third kappa shape index (κ3) is 8.30. The molecule has 0 aliphatic heterocycles. The topological polar surface area (TPSA) is 79.5 Å². The van der Waals surface area contributed by atoms with Crippen molar-refractivity contribution in [3.63, 3.8) is 0 Å². The highest BCUT2D eigenvalue weighted by Gasteiger charge is 2.12. The quantitative estimate of drug-likeness (QED) is 0.411. The number of carbonyl (C=O) groups excluding carboxylic acids is 2. The Morgan fingerprint density at radius 3 is 2.52 bits per heavy atom. The van der Waals surface area contributed by atoms with Gasteiger partial charge < -0.3 is 15.4 Å². The molecule has 6 nitrogen and oxygen atoms in total. The minimum Gasteiger partial charge on any atom is -0.492 e. The molecule has 0 aliphatic rings. The molecule has 0 saturated carbocycles. The van der Waals surface area contributed by atoms with Crippen molar-refractivity contribution in [2.75, 3.05) is 18.5 Å². The summed E-state index contributed by atoms with van der Waals surface area (Å²) in [5, 5.41) is 8.56. The molecule has 2 rings (SSSR count). The van der Waals surface area contributed by atoms with Crippen molar-refractivity contribution in [3.8, 4) is 5.75 Å². The SMILES string of the molecule is CCCNC(=O)c1cccc(NC(=S)NC(=O)c2ccc(OCCC(C)C)c(Br)c2)c1. The second-order valence-electron chi connectivity index (χ2n) is 7.42. The van der Waals surface area contributed by atoms with Gasteiger partial charge in [0.1, 0.15) is 5.75 Å². The maximum atomic E-state index is 12.5. The second kappa shape index (κ2) is 12.4. The molecule has 0 bridgehead atoms. The number of halogens is 1. The molecule has 2 aromatic carbocycles. The molecular formula is C23H28BrN3O3S. The summed E-state index contributed by atoms with van der Waals surface area (Å²) in [4.78, 5) is 24.6. The summed E-state index contributed by atoms with van der Waals surface area (Å²) in [5.74, 6) is 0.754. The van der Waals surface area contributed by atoms with E-state index >= 15 is 0 Å². The van der Waals surface area contributed by atoms with E-state index in [9.17, 15) is 9.59 Å². The van der Waals surface area contributed by atoms with Gasteiger partial charge in [0.15, 0.2) is 5.11 Å². The largest absolute Gasteiger partial charge is 0.492 e. The number of thiocarbonyl (C=S) groups is 1. The van der Waals surface area contributed by atoms with Crippen LogP contribution in [-0.4, -0.2) is 30.1 Å². The van der Waals surface area contributed by atoms with Crippen molar-refractivity contribution in [2.24, 2.45) is 5.92 Å². The van der Waals surface area contributed by atoms with E-state index in [-0.39, 0.29) is 16.9 Å². The highest BCUT2D eigenvalue weighted by atomic mass is 79.9. The van der Waals surface area contributed by atoms with Crippen LogP contribution in [0.2, 0.25) is 0 Å². The fraction of sp³-hybridized carbons (Fsp3) is 0.348. The van der Waals surface area contributed by atoms with Crippen LogP contribution in [0.4, 0.5) is 5.69 Å². The number of carbonyl (C=O) groups is 2. The lowest BCUT2D eigenvalue weighted by Crippen LogP contribution is -2.34. The zero-order valence-corrected chi connectivity index (χ0v) is 20.4. The highest BCUT2D eigenvalue weighted by molar-refractivity contribution is 9.10. The van der Waals surface area contributed by atoms with Gasteiger partial charge in [0.25, 0.3) is 11.8 Å². The lowest BCUT2D eigenvalue weighted by atomic mass is 10.1. The van der Waals surface area contributed by atoms with Gasteiger partial charge >= 0.3 is 0 Å². The van der Waals surface area contributed by atoms with Crippen LogP contribution in [0, 0.1) is 5.92 Å². The van der Waals surface area contributed by atoms with Gasteiger partial charge in [-0.2, -0.15) is 0 Å². The first-order valence-corrected chi connectivity index (χ1v) is 11.4. The lowest BCUT2D eigenvalue weighted by Gasteiger charge is -2.13.